The van der Waals surface area contributed by atoms with Gasteiger partial charge in [-0.2, -0.15) is 0 Å². The van der Waals surface area contributed by atoms with Crippen molar-refractivity contribution in [1.82, 2.24) is 10.2 Å². The molecule has 0 spiro atoms. The van der Waals surface area contributed by atoms with Crippen molar-refractivity contribution in [2.24, 2.45) is 5.92 Å². The van der Waals surface area contributed by atoms with Crippen LogP contribution in [0.2, 0.25) is 0 Å². The summed E-state index contributed by atoms with van der Waals surface area (Å²) in [5, 5.41) is 3.58. The summed E-state index contributed by atoms with van der Waals surface area (Å²) in [6.45, 7) is 5.03. The van der Waals surface area contributed by atoms with E-state index >= 15 is 0 Å². The lowest BCUT2D eigenvalue weighted by Crippen LogP contribution is -2.43. The molecule has 1 aromatic rings. The first kappa shape index (κ1) is 13.1. The molecule has 0 amide bonds. The molecule has 0 radical (unpaired) electrons. The molecule has 2 fully saturated rings. The zero-order valence-corrected chi connectivity index (χ0v) is 11.9. The second-order valence-electron chi connectivity index (χ2n) is 6.09. The highest BCUT2D eigenvalue weighted by Crippen LogP contribution is 2.28. The van der Waals surface area contributed by atoms with Gasteiger partial charge >= 0.3 is 0 Å². The highest BCUT2D eigenvalue weighted by atomic mass is 15.2. The fraction of sp³-hybridized carbons (Fsp3) is 0.647. The number of nitrogens with one attached hydrogen (secondary N) is 1. The molecule has 1 N–H and O–H groups in total. The first-order valence-electron chi connectivity index (χ1n) is 7.92. The molecule has 2 atom stereocenters. The molecule has 0 bridgehead atoms. The van der Waals surface area contributed by atoms with Gasteiger partial charge in [0, 0.05) is 12.6 Å². The molecular formula is C17H26N2. The van der Waals surface area contributed by atoms with E-state index in [4.69, 9.17) is 0 Å². The van der Waals surface area contributed by atoms with Gasteiger partial charge in [-0.15, -0.1) is 0 Å². The van der Waals surface area contributed by atoms with Crippen LogP contribution in [0.3, 0.4) is 0 Å². The van der Waals surface area contributed by atoms with Gasteiger partial charge < -0.3 is 5.32 Å². The first-order chi connectivity index (χ1) is 9.43. The fourth-order valence-corrected chi connectivity index (χ4v) is 3.79. The lowest BCUT2D eigenvalue weighted by atomic mass is 9.90. The van der Waals surface area contributed by atoms with Crippen LogP contribution in [0.15, 0.2) is 30.3 Å². The summed E-state index contributed by atoms with van der Waals surface area (Å²) < 4.78 is 0. The molecule has 2 unspecified atom stereocenters. The molecule has 2 aliphatic rings. The number of likely N-dealkylation sites (tertiary alicyclic amines) is 1. The highest BCUT2D eigenvalue weighted by Gasteiger charge is 2.31. The van der Waals surface area contributed by atoms with Crippen molar-refractivity contribution in [3.05, 3.63) is 35.9 Å². The predicted octanol–water partition coefficient (Wildman–Crippen LogP) is 2.69. The Morgan fingerprint density at radius 1 is 1.11 bits per heavy atom. The summed E-state index contributed by atoms with van der Waals surface area (Å²) in [5.74, 6) is 0.895. The Bertz CT molecular complexity index is 370. The molecule has 0 aromatic heterocycles. The number of rotatable bonds is 4. The molecule has 0 aliphatic carbocycles. The van der Waals surface area contributed by atoms with Crippen LogP contribution in [0.1, 0.15) is 31.2 Å². The van der Waals surface area contributed by atoms with E-state index in [-0.39, 0.29) is 0 Å². The van der Waals surface area contributed by atoms with E-state index in [1.807, 2.05) is 0 Å². The third kappa shape index (κ3) is 3.37. The van der Waals surface area contributed by atoms with E-state index in [0.29, 0.717) is 0 Å². The second-order valence-corrected chi connectivity index (χ2v) is 6.09. The molecular weight excluding hydrogens is 232 g/mol. The zero-order valence-electron chi connectivity index (χ0n) is 11.9. The van der Waals surface area contributed by atoms with Gasteiger partial charge in [-0.25, -0.2) is 0 Å². The Morgan fingerprint density at radius 3 is 2.79 bits per heavy atom. The van der Waals surface area contributed by atoms with Crippen molar-refractivity contribution in [3.8, 4) is 0 Å². The lowest BCUT2D eigenvalue weighted by Gasteiger charge is -2.34. The molecule has 0 saturated carbocycles. The number of nitrogens with zero attached hydrogens (tertiary/aromatic N) is 1. The summed E-state index contributed by atoms with van der Waals surface area (Å²) in [6, 6.07) is 11.8. The molecule has 2 heteroatoms. The maximum atomic E-state index is 3.58. The van der Waals surface area contributed by atoms with Crippen LogP contribution >= 0.6 is 0 Å². The van der Waals surface area contributed by atoms with Crippen LogP contribution in [0.25, 0.3) is 0 Å². The normalized spacial score (nSPS) is 28.6. The zero-order chi connectivity index (χ0) is 12.9. The van der Waals surface area contributed by atoms with Crippen molar-refractivity contribution >= 4 is 0 Å². The van der Waals surface area contributed by atoms with E-state index in [1.165, 1.54) is 63.8 Å². The van der Waals surface area contributed by atoms with Gasteiger partial charge in [0.05, 0.1) is 0 Å². The van der Waals surface area contributed by atoms with Crippen molar-refractivity contribution in [1.29, 1.82) is 0 Å². The predicted molar refractivity (Wildman–Crippen MR) is 80.3 cm³/mol. The molecule has 2 saturated heterocycles. The SMILES string of the molecule is c1ccc(CCN2CCCC2C2CCCNC2)cc1. The number of piperidine rings is 1. The second kappa shape index (κ2) is 6.53. The quantitative estimate of drug-likeness (QED) is 0.893. The van der Waals surface area contributed by atoms with E-state index in [9.17, 15) is 0 Å². The maximum absolute atomic E-state index is 3.58. The third-order valence-electron chi connectivity index (χ3n) is 4.82. The molecule has 2 nitrogen and oxygen atoms in total. The van der Waals surface area contributed by atoms with Gasteiger partial charge in [0.1, 0.15) is 0 Å². The minimum absolute atomic E-state index is 0.844. The van der Waals surface area contributed by atoms with Crippen LogP contribution < -0.4 is 5.32 Å². The lowest BCUT2D eigenvalue weighted by molar-refractivity contribution is 0.167. The number of hydrogen-bond acceptors (Lipinski definition) is 2. The summed E-state index contributed by atoms with van der Waals surface area (Å²) in [6.07, 6.45) is 6.82. The minimum Gasteiger partial charge on any atom is -0.316 e. The van der Waals surface area contributed by atoms with Crippen molar-refractivity contribution < 1.29 is 0 Å². The van der Waals surface area contributed by atoms with Crippen molar-refractivity contribution in [2.75, 3.05) is 26.2 Å². The summed E-state index contributed by atoms with van der Waals surface area (Å²) >= 11 is 0. The average molecular weight is 258 g/mol. The van der Waals surface area contributed by atoms with Crippen LogP contribution in [0.5, 0.6) is 0 Å². The van der Waals surface area contributed by atoms with Gasteiger partial charge in [0.15, 0.2) is 0 Å². The topological polar surface area (TPSA) is 15.3 Å². The Kier molecular flexibility index (Phi) is 4.52. The van der Waals surface area contributed by atoms with E-state index in [2.05, 4.69) is 40.5 Å². The summed E-state index contributed by atoms with van der Waals surface area (Å²) in [7, 11) is 0. The number of benzene rings is 1. The minimum atomic E-state index is 0.844. The van der Waals surface area contributed by atoms with E-state index < -0.39 is 0 Å². The largest absolute Gasteiger partial charge is 0.316 e. The van der Waals surface area contributed by atoms with Gasteiger partial charge in [-0.3, -0.25) is 4.90 Å². The van der Waals surface area contributed by atoms with Gasteiger partial charge in [-0.1, -0.05) is 30.3 Å². The van der Waals surface area contributed by atoms with Crippen LogP contribution in [0, 0.1) is 5.92 Å². The maximum Gasteiger partial charge on any atom is 0.0136 e. The molecule has 1 aromatic carbocycles. The van der Waals surface area contributed by atoms with Crippen molar-refractivity contribution in [3.63, 3.8) is 0 Å². The molecule has 2 heterocycles. The Morgan fingerprint density at radius 2 is 2.00 bits per heavy atom. The van der Waals surface area contributed by atoms with Gasteiger partial charge in [0.25, 0.3) is 0 Å². The van der Waals surface area contributed by atoms with Gasteiger partial charge in [0.2, 0.25) is 0 Å². The average Bonchev–Trinajstić information content (AvgIpc) is 2.95. The van der Waals surface area contributed by atoms with Crippen LogP contribution in [-0.4, -0.2) is 37.1 Å². The standard InChI is InChI=1S/C17H26N2/c1-2-6-15(7-3-1)10-13-19-12-5-9-17(19)16-8-4-11-18-14-16/h1-3,6-7,16-18H,4-5,8-14H2. The monoisotopic (exact) mass is 258 g/mol. The smallest absolute Gasteiger partial charge is 0.0136 e. The molecule has 104 valence electrons. The van der Waals surface area contributed by atoms with E-state index in [0.717, 1.165) is 12.0 Å². The molecule has 19 heavy (non-hydrogen) atoms. The molecule has 2 aliphatic heterocycles. The van der Waals surface area contributed by atoms with Gasteiger partial charge in [-0.05, 0) is 63.2 Å². The Balaban J connectivity index is 1.54. The Hall–Kier alpha value is -0.860. The summed E-state index contributed by atoms with van der Waals surface area (Å²) in [5.41, 5.74) is 1.48. The number of hydrogen-bond donors (Lipinski definition) is 1. The Labute approximate surface area is 117 Å². The molecule has 3 rings (SSSR count). The summed E-state index contributed by atoms with van der Waals surface area (Å²) in [4.78, 5) is 2.75. The van der Waals surface area contributed by atoms with Crippen LogP contribution in [0.4, 0.5) is 0 Å². The third-order valence-corrected chi connectivity index (χ3v) is 4.82. The highest BCUT2D eigenvalue weighted by molar-refractivity contribution is 5.15. The fourth-order valence-electron chi connectivity index (χ4n) is 3.79. The first-order valence-corrected chi connectivity index (χ1v) is 7.92. The van der Waals surface area contributed by atoms with E-state index in [1.54, 1.807) is 0 Å². The van der Waals surface area contributed by atoms with Crippen molar-refractivity contribution in [2.45, 2.75) is 38.1 Å². The van der Waals surface area contributed by atoms with Crippen LogP contribution in [-0.2, 0) is 6.42 Å².